The highest BCUT2D eigenvalue weighted by molar-refractivity contribution is 6.45. The Hall–Kier alpha value is -2.83. The number of rotatable bonds is 3. The van der Waals surface area contributed by atoms with E-state index in [0.29, 0.717) is 16.8 Å². The fraction of sp³-hybridized carbons (Fsp3) is 0.375. The summed E-state index contributed by atoms with van der Waals surface area (Å²) in [4.78, 5) is 18.4. The third-order valence-electron chi connectivity index (χ3n) is 4.70. The Morgan fingerprint density at radius 2 is 1.66 bits per heavy atom. The van der Waals surface area contributed by atoms with Crippen LogP contribution in [0.5, 0.6) is 0 Å². The van der Waals surface area contributed by atoms with E-state index < -0.39 is 7.05 Å². The molecule has 150 valence electrons. The number of H-pyrrole nitrogens is 2. The molecule has 0 atom stereocenters. The van der Waals surface area contributed by atoms with Crippen LogP contribution < -0.4 is 10.1 Å². The number of fused-ring (bicyclic) bond motifs is 2. The zero-order valence-electron chi connectivity index (χ0n) is 15.7. The predicted molar refractivity (Wildman–Crippen MR) is 111 cm³/mol. The molecule has 0 bridgehead atoms. The van der Waals surface area contributed by atoms with Crippen molar-refractivity contribution >= 4 is 46.5 Å². The Morgan fingerprint density at radius 3 is 2.31 bits per heavy atom. The first kappa shape index (κ1) is 19.5. The molecule has 4 aromatic rings. The number of nitrogens with one attached hydrogen (secondary N) is 3. The van der Waals surface area contributed by atoms with E-state index in [1.165, 1.54) is 6.33 Å². The highest BCUT2D eigenvalue weighted by atomic mass is 35.5. The standard InChI is InChI=1S/C11H17BN6O.C5H3ClN4/c1-12(19)16-8-2-4-18(5-3-8)11-9-6-15-17-10(9)13-7-14-11;6-4-3-1-9-10-5(3)8-2-7-4/h6-8,16,19H,2-5H2,1H3,(H,13,14,15,17);1-2H,(H,7,8,9,10). The summed E-state index contributed by atoms with van der Waals surface area (Å²) in [6.07, 6.45) is 8.31. The maximum atomic E-state index is 9.34. The number of piperidine rings is 1. The van der Waals surface area contributed by atoms with E-state index in [4.69, 9.17) is 11.6 Å². The van der Waals surface area contributed by atoms with Gasteiger partial charge in [-0.1, -0.05) is 11.6 Å². The van der Waals surface area contributed by atoms with Gasteiger partial charge in [0.1, 0.15) is 23.6 Å². The zero-order valence-corrected chi connectivity index (χ0v) is 16.5. The molecule has 0 spiro atoms. The van der Waals surface area contributed by atoms with Crippen LogP contribution in [-0.2, 0) is 0 Å². The van der Waals surface area contributed by atoms with Gasteiger partial charge in [0.25, 0.3) is 0 Å². The molecule has 5 heterocycles. The molecule has 0 aromatic carbocycles. The predicted octanol–water partition coefficient (Wildman–Crippen LogP) is 1.03. The van der Waals surface area contributed by atoms with Gasteiger partial charge in [-0.3, -0.25) is 10.2 Å². The molecule has 1 aliphatic rings. The average molecular weight is 415 g/mol. The van der Waals surface area contributed by atoms with Crippen LogP contribution in [0.1, 0.15) is 12.8 Å². The van der Waals surface area contributed by atoms with Crippen LogP contribution in [0.2, 0.25) is 12.0 Å². The third-order valence-corrected chi connectivity index (χ3v) is 5.00. The molecule has 29 heavy (non-hydrogen) atoms. The number of hydrogen-bond donors (Lipinski definition) is 4. The summed E-state index contributed by atoms with van der Waals surface area (Å²) in [6, 6.07) is 0.373. The summed E-state index contributed by atoms with van der Waals surface area (Å²) >= 11 is 5.69. The summed E-state index contributed by atoms with van der Waals surface area (Å²) in [5.74, 6) is 0.939. The van der Waals surface area contributed by atoms with E-state index in [1.807, 2.05) is 0 Å². The SMILES string of the molecule is CB(O)NC1CCN(c2ncnc3[nH]ncc23)CC1.Clc1ncnc2[nH]ncc12. The fourth-order valence-electron chi connectivity index (χ4n) is 3.34. The van der Waals surface area contributed by atoms with Crippen LogP contribution in [0.15, 0.2) is 25.0 Å². The summed E-state index contributed by atoms with van der Waals surface area (Å²) in [7, 11) is -0.448. The van der Waals surface area contributed by atoms with Crippen LogP contribution >= 0.6 is 11.6 Å². The molecule has 11 nitrogen and oxygen atoms in total. The van der Waals surface area contributed by atoms with Crippen molar-refractivity contribution in [2.45, 2.75) is 25.7 Å². The molecule has 0 aliphatic carbocycles. The zero-order chi connectivity index (χ0) is 20.2. The molecule has 1 aliphatic heterocycles. The molecule has 4 aromatic heterocycles. The summed E-state index contributed by atoms with van der Waals surface area (Å²) < 4.78 is 0. The Balaban J connectivity index is 0.000000171. The highest BCUT2D eigenvalue weighted by Gasteiger charge is 2.23. The molecular weight excluding hydrogens is 395 g/mol. The van der Waals surface area contributed by atoms with Gasteiger partial charge in [-0.25, -0.2) is 19.9 Å². The molecule has 13 heteroatoms. The lowest BCUT2D eigenvalue weighted by Gasteiger charge is -2.33. The van der Waals surface area contributed by atoms with E-state index >= 15 is 0 Å². The van der Waals surface area contributed by atoms with Crippen LogP contribution in [0, 0.1) is 0 Å². The third kappa shape index (κ3) is 4.44. The van der Waals surface area contributed by atoms with Gasteiger partial charge in [-0.05, 0) is 19.7 Å². The number of anilines is 1. The largest absolute Gasteiger partial charge is 0.437 e. The van der Waals surface area contributed by atoms with Crippen molar-refractivity contribution < 1.29 is 5.02 Å². The van der Waals surface area contributed by atoms with Crippen molar-refractivity contribution in [2.75, 3.05) is 18.0 Å². The van der Waals surface area contributed by atoms with Gasteiger partial charge < -0.3 is 15.2 Å². The second kappa shape index (κ2) is 8.68. The Bertz CT molecular complexity index is 1080. The number of aromatic nitrogens is 8. The van der Waals surface area contributed by atoms with Crippen molar-refractivity contribution in [3.8, 4) is 0 Å². The second-order valence-corrected chi connectivity index (χ2v) is 7.09. The molecule has 0 unspecified atom stereocenters. The van der Waals surface area contributed by atoms with E-state index in [2.05, 4.69) is 50.5 Å². The molecule has 4 N–H and O–H groups in total. The van der Waals surface area contributed by atoms with Crippen molar-refractivity contribution in [1.82, 2.24) is 45.6 Å². The molecule has 0 saturated carbocycles. The Kier molecular flexibility index (Phi) is 5.83. The van der Waals surface area contributed by atoms with E-state index in [0.717, 1.165) is 48.2 Å². The minimum Gasteiger partial charge on any atom is -0.437 e. The normalized spacial score (nSPS) is 14.8. The minimum absolute atomic E-state index is 0.373. The second-order valence-electron chi connectivity index (χ2n) is 6.73. The van der Waals surface area contributed by atoms with E-state index in [9.17, 15) is 5.02 Å². The van der Waals surface area contributed by atoms with Gasteiger partial charge in [-0.2, -0.15) is 10.2 Å². The molecule has 5 rings (SSSR count). The van der Waals surface area contributed by atoms with Crippen molar-refractivity contribution in [2.24, 2.45) is 0 Å². The number of aromatic amines is 2. The molecular formula is C16H20BClN10O. The van der Waals surface area contributed by atoms with Gasteiger partial charge >= 0.3 is 7.05 Å². The maximum absolute atomic E-state index is 9.34. The van der Waals surface area contributed by atoms with Crippen molar-refractivity contribution in [3.05, 3.63) is 30.2 Å². The lowest BCUT2D eigenvalue weighted by molar-refractivity contribution is 0.440. The van der Waals surface area contributed by atoms with Gasteiger partial charge in [0.2, 0.25) is 0 Å². The summed E-state index contributed by atoms with van der Waals surface area (Å²) in [6.45, 7) is 3.59. The van der Waals surface area contributed by atoms with Crippen LogP contribution in [0.3, 0.4) is 0 Å². The Labute approximate surface area is 171 Å². The maximum Gasteiger partial charge on any atom is 0.373 e. The molecule has 1 fully saturated rings. The first-order chi connectivity index (χ1) is 14.1. The van der Waals surface area contributed by atoms with Crippen molar-refractivity contribution in [3.63, 3.8) is 0 Å². The quantitative estimate of drug-likeness (QED) is 0.285. The fourth-order valence-corrected chi connectivity index (χ4v) is 3.52. The number of nitrogens with zero attached hydrogens (tertiary/aromatic N) is 7. The summed E-state index contributed by atoms with van der Waals surface area (Å²) in [5.41, 5.74) is 1.44. The monoisotopic (exact) mass is 414 g/mol. The van der Waals surface area contributed by atoms with Gasteiger partial charge in [0, 0.05) is 19.1 Å². The first-order valence-corrected chi connectivity index (χ1v) is 9.62. The lowest BCUT2D eigenvalue weighted by atomic mass is 9.85. The minimum atomic E-state index is -0.448. The van der Waals surface area contributed by atoms with Crippen LogP contribution in [0.25, 0.3) is 22.1 Å². The highest BCUT2D eigenvalue weighted by Crippen LogP contribution is 2.24. The molecule has 1 saturated heterocycles. The molecule has 0 amide bonds. The van der Waals surface area contributed by atoms with Crippen LogP contribution in [-0.4, -0.2) is 71.5 Å². The van der Waals surface area contributed by atoms with Crippen molar-refractivity contribution in [1.29, 1.82) is 0 Å². The van der Waals surface area contributed by atoms with E-state index in [1.54, 1.807) is 25.5 Å². The smallest absolute Gasteiger partial charge is 0.373 e. The van der Waals surface area contributed by atoms with E-state index in [-0.39, 0.29) is 0 Å². The molecule has 0 radical (unpaired) electrons. The number of hydrogen-bond acceptors (Lipinski definition) is 9. The average Bonchev–Trinajstić information content (AvgIpc) is 3.38. The summed E-state index contributed by atoms with van der Waals surface area (Å²) in [5, 5.41) is 27.9. The topological polar surface area (TPSA) is 144 Å². The number of halogens is 1. The van der Waals surface area contributed by atoms with Gasteiger partial charge in [0.15, 0.2) is 11.3 Å². The first-order valence-electron chi connectivity index (χ1n) is 9.24. The van der Waals surface area contributed by atoms with Crippen LogP contribution in [0.4, 0.5) is 5.82 Å². The lowest BCUT2D eigenvalue weighted by Crippen LogP contribution is -2.47. The van der Waals surface area contributed by atoms with Gasteiger partial charge in [-0.15, -0.1) is 0 Å². The van der Waals surface area contributed by atoms with Gasteiger partial charge in [0.05, 0.1) is 23.2 Å². The Morgan fingerprint density at radius 1 is 1.03 bits per heavy atom.